The second-order valence-corrected chi connectivity index (χ2v) is 7.06. The highest BCUT2D eigenvalue weighted by Crippen LogP contribution is 2.21. The summed E-state index contributed by atoms with van der Waals surface area (Å²) in [5.74, 6) is 1.19. The van der Waals surface area contributed by atoms with E-state index in [4.69, 9.17) is 0 Å². The molecule has 1 amide bonds. The molecule has 0 saturated heterocycles. The summed E-state index contributed by atoms with van der Waals surface area (Å²) in [4.78, 5) is 16.1. The lowest BCUT2D eigenvalue weighted by atomic mass is 10.0. The maximum Gasteiger partial charge on any atom is 0.291 e. The van der Waals surface area contributed by atoms with Crippen molar-refractivity contribution in [1.82, 2.24) is 24.6 Å². The van der Waals surface area contributed by atoms with Crippen LogP contribution in [-0.2, 0) is 19.6 Å². The summed E-state index contributed by atoms with van der Waals surface area (Å²) >= 11 is 0. The predicted octanol–water partition coefficient (Wildman–Crippen LogP) is 2.66. The summed E-state index contributed by atoms with van der Waals surface area (Å²) in [6.07, 6.45) is 0. The monoisotopic (exact) mass is 361 g/mol. The van der Waals surface area contributed by atoms with Crippen LogP contribution in [0.5, 0.6) is 0 Å². The van der Waals surface area contributed by atoms with Crippen molar-refractivity contribution in [2.75, 3.05) is 20.6 Å². The maximum atomic E-state index is 12.2. The molecule has 0 bridgehead atoms. The van der Waals surface area contributed by atoms with E-state index in [0.717, 1.165) is 25.5 Å². The summed E-state index contributed by atoms with van der Waals surface area (Å²) in [7, 11) is 3.47. The molecular weight excluding hydrogens is 338 g/mol. The molecule has 6 heteroatoms. The number of carbonyl (C=O) groups is 1. The minimum Gasteiger partial charge on any atom is -0.342 e. The lowest BCUT2D eigenvalue weighted by molar-refractivity contribution is 0.0806. The van der Waals surface area contributed by atoms with E-state index in [0.29, 0.717) is 12.4 Å². The average molecular weight is 361 g/mol. The zero-order chi connectivity index (χ0) is 18.8. The lowest BCUT2D eigenvalue weighted by Gasteiger charge is -2.27. The number of hydrogen-bond donors (Lipinski definition) is 0. The molecule has 3 aromatic rings. The highest BCUT2D eigenvalue weighted by atomic mass is 16.2. The highest BCUT2D eigenvalue weighted by molar-refractivity contribution is 5.90. The minimum atomic E-state index is -0.0984. The molecule has 2 heterocycles. The normalized spacial score (nSPS) is 14.0. The van der Waals surface area contributed by atoms with Crippen molar-refractivity contribution >= 4 is 5.91 Å². The molecule has 0 unspecified atom stereocenters. The van der Waals surface area contributed by atoms with Crippen molar-refractivity contribution in [3.8, 4) is 11.1 Å². The first-order valence-electron chi connectivity index (χ1n) is 9.12. The summed E-state index contributed by atoms with van der Waals surface area (Å²) in [6.45, 7) is 3.17. The standard InChI is InChI=1S/C21H23N5O/c1-24(2)21(27)20-23-22-19-15-25(12-13-26(19)20)14-16-8-10-18(11-9-16)17-6-4-3-5-7-17/h3-11H,12-15H2,1-2H3. The Hall–Kier alpha value is -2.99. The maximum absolute atomic E-state index is 12.2. The first-order chi connectivity index (χ1) is 13.1. The first kappa shape index (κ1) is 17.4. The Bertz CT molecular complexity index is 931. The Morgan fingerprint density at radius 2 is 1.67 bits per heavy atom. The van der Waals surface area contributed by atoms with Crippen LogP contribution in [0.4, 0.5) is 0 Å². The van der Waals surface area contributed by atoms with Gasteiger partial charge in [-0.05, 0) is 16.7 Å². The number of hydrogen-bond acceptors (Lipinski definition) is 4. The van der Waals surface area contributed by atoms with Crippen LogP contribution in [0.1, 0.15) is 22.0 Å². The Kier molecular flexibility index (Phi) is 4.73. The predicted molar refractivity (Wildman–Crippen MR) is 104 cm³/mol. The van der Waals surface area contributed by atoms with Crippen molar-refractivity contribution in [3.63, 3.8) is 0 Å². The average Bonchev–Trinajstić information content (AvgIpc) is 3.11. The summed E-state index contributed by atoms with van der Waals surface area (Å²) in [6, 6.07) is 19.1. The first-order valence-corrected chi connectivity index (χ1v) is 9.12. The SMILES string of the molecule is CN(C)C(=O)c1nnc2n1CCN(Cc1ccc(-c3ccccc3)cc1)C2. The van der Waals surface area contributed by atoms with Gasteiger partial charge in [0.1, 0.15) is 5.82 Å². The molecule has 138 valence electrons. The smallest absolute Gasteiger partial charge is 0.291 e. The van der Waals surface area contributed by atoms with Crippen LogP contribution in [0.2, 0.25) is 0 Å². The van der Waals surface area contributed by atoms with Crippen molar-refractivity contribution in [2.45, 2.75) is 19.6 Å². The fraction of sp³-hybridized carbons (Fsp3) is 0.286. The molecule has 1 aromatic heterocycles. The molecule has 0 N–H and O–H groups in total. The molecule has 0 radical (unpaired) electrons. The van der Waals surface area contributed by atoms with Crippen LogP contribution >= 0.6 is 0 Å². The van der Waals surface area contributed by atoms with Gasteiger partial charge < -0.3 is 9.47 Å². The van der Waals surface area contributed by atoms with Gasteiger partial charge in [0.25, 0.3) is 5.91 Å². The van der Waals surface area contributed by atoms with Gasteiger partial charge in [0.05, 0.1) is 6.54 Å². The number of aromatic nitrogens is 3. The molecule has 1 aliphatic heterocycles. The molecule has 27 heavy (non-hydrogen) atoms. The Labute approximate surface area is 159 Å². The van der Waals surface area contributed by atoms with E-state index in [-0.39, 0.29) is 5.91 Å². The van der Waals surface area contributed by atoms with Gasteiger partial charge in [-0.3, -0.25) is 9.69 Å². The van der Waals surface area contributed by atoms with Crippen LogP contribution in [0.25, 0.3) is 11.1 Å². The molecule has 4 rings (SSSR count). The van der Waals surface area contributed by atoms with Crippen LogP contribution in [0.3, 0.4) is 0 Å². The summed E-state index contributed by atoms with van der Waals surface area (Å²) in [5, 5.41) is 8.33. The van der Waals surface area contributed by atoms with E-state index in [1.165, 1.54) is 21.6 Å². The van der Waals surface area contributed by atoms with Crippen LogP contribution < -0.4 is 0 Å². The molecule has 2 aromatic carbocycles. The Morgan fingerprint density at radius 3 is 2.37 bits per heavy atom. The number of amides is 1. The third kappa shape index (κ3) is 3.61. The van der Waals surface area contributed by atoms with Gasteiger partial charge in [-0.1, -0.05) is 54.6 Å². The van der Waals surface area contributed by atoms with Crippen LogP contribution in [0.15, 0.2) is 54.6 Å². The van der Waals surface area contributed by atoms with Crippen molar-refractivity contribution in [3.05, 3.63) is 71.8 Å². The van der Waals surface area contributed by atoms with Gasteiger partial charge in [0.15, 0.2) is 0 Å². The topological polar surface area (TPSA) is 54.3 Å². The highest BCUT2D eigenvalue weighted by Gasteiger charge is 2.25. The molecular formula is C21H23N5O. The van der Waals surface area contributed by atoms with Crippen molar-refractivity contribution in [2.24, 2.45) is 0 Å². The van der Waals surface area contributed by atoms with Gasteiger partial charge in [-0.25, -0.2) is 0 Å². The number of nitrogens with zero attached hydrogens (tertiary/aromatic N) is 5. The zero-order valence-corrected chi connectivity index (χ0v) is 15.7. The molecule has 0 saturated carbocycles. The van der Waals surface area contributed by atoms with Gasteiger partial charge in [0, 0.05) is 33.7 Å². The molecule has 0 atom stereocenters. The zero-order valence-electron chi connectivity index (χ0n) is 15.7. The number of rotatable bonds is 4. The fourth-order valence-electron chi connectivity index (χ4n) is 3.39. The molecule has 0 aliphatic carbocycles. The summed E-state index contributed by atoms with van der Waals surface area (Å²) < 4.78 is 1.94. The summed E-state index contributed by atoms with van der Waals surface area (Å²) in [5.41, 5.74) is 3.73. The van der Waals surface area contributed by atoms with E-state index in [9.17, 15) is 4.79 Å². The largest absolute Gasteiger partial charge is 0.342 e. The van der Waals surface area contributed by atoms with E-state index < -0.39 is 0 Å². The van der Waals surface area contributed by atoms with Gasteiger partial charge in [0.2, 0.25) is 5.82 Å². The van der Waals surface area contributed by atoms with E-state index >= 15 is 0 Å². The number of benzene rings is 2. The lowest BCUT2D eigenvalue weighted by Crippen LogP contribution is -2.35. The van der Waals surface area contributed by atoms with Gasteiger partial charge >= 0.3 is 0 Å². The molecule has 0 spiro atoms. The van der Waals surface area contributed by atoms with E-state index in [1.807, 2.05) is 10.6 Å². The van der Waals surface area contributed by atoms with Crippen molar-refractivity contribution in [1.29, 1.82) is 0 Å². The second-order valence-electron chi connectivity index (χ2n) is 7.06. The Balaban J connectivity index is 1.44. The molecule has 1 aliphatic rings. The van der Waals surface area contributed by atoms with E-state index in [1.54, 1.807) is 14.1 Å². The van der Waals surface area contributed by atoms with Gasteiger partial charge in [-0.2, -0.15) is 0 Å². The van der Waals surface area contributed by atoms with Crippen LogP contribution in [0, 0.1) is 0 Å². The van der Waals surface area contributed by atoms with E-state index in [2.05, 4.69) is 63.6 Å². The number of fused-ring (bicyclic) bond motifs is 1. The fourth-order valence-corrected chi connectivity index (χ4v) is 3.39. The Morgan fingerprint density at radius 1 is 0.963 bits per heavy atom. The third-order valence-corrected chi connectivity index (χ3v) is 4.90. The van der Waals surface area contributed by atoms with Crippen molar-refractivity contribution < 1.29 is 4.79 Å². The second kappa shape index (κ2) is 7.32. The van der Waals surface area contributed by atoms with Gasteiger partial charge in [-0.15, -0.1) is 10.2 Å². The minimum absolute atomic E-state index is 0.0984. The molecule has 6 nitrogen and oxygen atoms in total. The number of carbonyl (C=O) groups excluding carboxylic acids is 1. The quantitative estimate of drug-likeness (QED) is 0.717. The third-order valence-electron chi connectivity index (χ3n) is 4.90. The molecule has 0 fully saturated rings. The van der Waals surface area contributed by atoms with Crippen LogP contribution in [-0.4, -0.2) is 51.1 Å².